The van der Waals surface area contributed by atoms with E-state index in [-0.39, 0.29) is 24.1 Å². The lowest BCUT2D eigenvalue weighted by Gasteiger charge is -2.36. The first kappa shape index (κ1) is 17.3. The molecule has 0 radical (unpaired) electrons. The summed E-state index contributed by atoms with van der Waals surface area (Å²) in [6, 6.07) is 3.55. The van der Waals surface area contributed by atoms with Gasteiger partial charge < -0.3 is 14.7 Å². The number of benzene rings is 1. The third-order valence-corrected chi connectivity index (χ3v) is 4.65. The van der Waals surface area contributed by atoms with Gasteiger partial charge in [-0.25, -0.2) is 8.78 Å². The number of nitrogens with zero attached hydrogens (tertiary/aromatic N) is 2. The smallest absolute Gasteiger partial charge is 0.251 e. The molecule has 2 heterocycles. The summed E-state index contributed by atoms with van der Waals surface area (Å²) in [4.78, 5) is 16.0. The molecular weight excluding hydrogens is 318 g/mol. The summed E-state index contributed by atoms with van der Waals surface area (Å²) in [5, 5.41) is 10.2. The molecule has 0 aromatic heterocycles. The third-order valence-electron chi connectivity index (χ3n) is 4.65. The van der Waals surface area contributed by atoms with E-state index in [0.717, 1.165) is 25.0 Å². The van der Waals surface area contributed by atoms with Crippen LogP contribution in [0, 0.1) is 11.6 Å². The molecule has 1 amide bonds. The molecule has 0 spiro atoms. The first-order valence-corrected chi connectivity index (χ1v) is 8.31. The van der Waals surface area contributed by atoms with Crippen molar-refractivity contribution < 1.29 is 23.4 Å². The minimum absolute atomic E-state index is 0.0212. The van der Waals surface area contributed by atoms with Crippen LogP contribution >= 0.6 is 0 Å². The van der Waals surface area contributed by atoms with Gasteiger partial charge in [-0.3, -0.25) is 9.69 Å². The minimum Gasteiger partial charge on any atom is -0.387 e. The fraction of sp³-hybridized carbons (Fsp3) is 0.588. The van der Waals surface area contributed by atoms with Crippen LogP contribution in [0.25, 0.3) is 0 Å². The molecule has 2 unspecified atom stereocenters. The van der Waals surface area contributed by atoms with Gasteiger partial charge in [0.05, 0.1) is 11.7 Å². The number of ether oxygens (including phenoxy) is 1. The monoisotopic (exact) mass is 340 g/mol. The molecule has 1 aromatic carbocycles. The summed E-state index contributed by atoms with van der Waals surface area (Å²) in [6.45, 7) is 2.96. The molecule has 3 rings (SSSR count). The Kier molecular flexibility index (Phi) is 5.43. The molecule has 24 heavy (non-hydrogen) atoms. The van der Waals surface area contributed by atoms with Crippen LogP contribution in [-0.2, 0) is 9.53 Å². The van der Waals surface area contributed by atoms with E-state index in [1.54, 1.807) is 4.90 Å². The maximum absolute atomic E-state index is 13.7. The van der Waals surface area contributed by atoms with E-state index in [4.69, 9.17) is 4.74 Å². The standard InChI is InChI=1S/C17H22F2N2O3/c18-12-3-1-4-13(19)16(12)14(22)11-20-6-8-21(9-7-20)17(23)15-5-2-10-24-15/h1,3-4,14-15,22H,2,5-11H2. The predicted octanol–water partition coefficient (Wildman–Crippen LogP) is 1.32. The van der Waals surface area contributed by atoms with Crippen molar-refractivity contribution in [2.24, 2.45) is 0 Å². The second-order valence-corrected chi connectivity index (χ2v) is 6.28. The Labute approximate surface area is 139 Å². The van der Waals surface area contributed by atoms with E-state index >= 15 is 0 Å². The number of rotatable bonds is 4. The quantitative estimate of drug-likeness (QED) is 0.898. The largest absolute Gasteiger partial charge is 0.387 e. The molecule has 2 aliphatic heterocycles. The summed E-state index contributed by atoms with van der Waals surface area (Å²) in [7, 11) is 0. The number of amides is 1. The van der Waals surface area contributed by atoms with Crippen molar-refractivity contribution in [1.29, 1.82) is 0 Å². The highest BCUT2D eigenvalue weighted by molar-refractivity contribution is 5.81. The molecule has 1 aromatic rings. The van der Waals surface area contributed by atoms with Crippen molar-refractivity contribution in [3.63, 3.8) is 0 Å². The normalized spacial score (nSPS) is 23.5. The maximum atomic E-state index is 13.7. The Morgan fingerprint density at radius 1 is 1.25 bits per heavy atom. The lowest BCUT2D eigenvalue weighted by molar-refractivity contribution is -0.142. The van der Waals surface area contributed by atoms with Gasteiger partial charge in [0, 0.05) is 39.3 Å². The van der Waals surface area contributed by atoms with Crippen LogP contribution in [0.15, 0.2) is 18.2 Å². The number of hydrogen-bond donors (Lipinski definition) is 1. The lowest BCUT2D eigenvalue weighted by atomic mass is 10.1. The van der Waals surface area contributed by atoms with Crippen molar-refractivity contribution in [2.45, 2.75) is 25.0 Å². The topological polar surface area (TPSA) is 53.0 Å². The average molecular weight is 340 g/mol. The number of hydrogen-bond acceptors (Lipinski definition) is 4. The molecule has 2 saturated heterocycles. The van der Waals surface area contributed by atoms with Crippen LogP contribution < -0.4 is 0 Å². The summed E-state index contributed by atoms with van der Waals surface area (Å²) >= 11 is 0. The molecule has 1 N–H and O–H groups in total. The molecular formula is C17H22F2N2O3. The van der Waals surface area contributed by atoms with E-state index in [1.165, 1.54) is 6.07 Å². The van der Waals surface area contributed by atoms with Crippen molar-refractivity contribution in [3.8, 4) is 0 Å². The zero-order chi connectivity index (χ0) is 17.1. The van der Waals surface area contributed by atoms with E-state index in [0.29, 0.717) is 32.8 Å². The zero-order valence-corrected chi connectivity index (χ0v) is 13.5. The number of β-amino-alcohol motifs (C(OH)–C–C–N with tert-alkyl or cyclic N) is 1. The Morgan fingerprint density at radius 2 is 1.92 bits per heavy atom. The molecule has 5 nitrogen and oxygen atoms in total. The maximum Gasteiger partial charge on any atom is 0.251 e. The van der Waals surface area contributed by atoms with Gasteiger partial charge in [0.2, 0.25) is 0 Å². The van der Waals surface area contributed by atoms with E-state index in [9.17, 15) is 18.7 Å². The molecule has 2 atom stereocenters. The van der Waals surface area contributed by atoms with Gasteiger partial charge >= 0.3 is 0 Å². The third kappa shape index (κ3) is 3.74. The van der Waals surface area contributed by atoms with Crippen LogP contribution in [0.2, 0.25) is 0 Å². The SMILES string of the molecule is O=C(C1CCCO1)N1CCN(CC(O)c2c(F)cccc2F)CC1. The van der Waals surface area contributed by atoms with Crippen LogP contribution in [0.3, 0.4) is 0 Å². The number of halogens is 2. The number of carbonyl (C=O) groups excluding carboxylic acids is 1. The summed E-state index contributed by atoms with van der Waals surface area (Å²) < 4.78 is 32.8. The van der Waals surface area contributed by atoms with Crippen molar-refractivity contribution in [1.82, 2.24) is 9.80 Å². The predicted molar refractivity (Wildman–Crippen MR) is 83.3 cm³/mol. The lowest BCUT2D eigenvalue weighted by Crippen LogP contribution is -2.52. The zero-order valence-electron chi connectivity index (χ0n) is 13.5. The van der Waals surface area contributed by atoms with Crippen LogP contribution in [0.5, 0.6) is 0 Å². The van der Waals surface area contributed by atoms with Gasteiger partial charge in [-0.05, 0) is 25.0 Å². The van der Waals surface area contributed by atoms with Crippen LogP contribution in [0.4, 0.5) is 8.78 Å². The Morgan fingerprint density at radius 3 is 2.50 bits per heavy atom. The van der Waals surface area contributed by atoms with Crippen molar-refractivity contribution in [2.75, 3.05) is 39.3 Å². The molecule has 0 saturated carbocycles. The van der Waals surface area contributed by atoms with Crippen molar-refractivity contribution in [3.05, 3.63) is 35.4 Å². The molecule has 7 heteroatoms. The Balaban J connectivity index is 1.52. The van der Waals surface area contributed by atoms with Gasteiger partial charge in [-0.2, -0.15) is 0 Å². The van der Waals surface area contributed by atoms with E-state index in [1.807, 2.05) is 4.90 Å². The highest BCUT2D eigenvalue weighted by Gasteiger charge is 2.31. The second kappa shape index (κ2) is 7.55. The highest BCUT2D eigenvalue weighted by Crippen LogP contribution is 2.22. The summed E-state index contributed by atoms with van der Waals surface area (Å²) in [5.74, 6) is -1.46. The van der Waals surface area contributed by atoms with E-state index < -0.39 is 17.7 Å². The van der Waals surface area contributed by atoms with Gasteiger partial charge in [0.25, 0.3) is 5.91 Å². The summed E-state index contributed by atoms with van der Waals surface area (Å²) in [6.07, 6.45) is 0.127. The fourth-order valence-corrected chi connectivity index (χ4v) is 3.29. The molecule has 2 aliphatic rings. The van der Waals surface area contributed by atoms with Gasteiger partial charge in [-0.1, -0.05) is 6.07 Å². The molecule has 0 aliphatic carbocycles. The number of aliphatic hydroxyl groups is 1. The number of carbonyl (C=O) groups is 1. The van der Waals surface area contributed by atoms with Crippen LogP contribution in [0.1, 0.15) is 24.5 Å². The molecule has 2 fully saturated rings. The fourth-order valence-electron chi connectivity index (χ4n) is 3.29. The van der Waals surface area contributed by atoms with Crippen LogP contribution in [-0.4, -0.2) is 66.2 Å². The van der Waals surface area contributed by atoms with Gasteiger partial charge in [0.15, 0.2) is 0 Å². The number of aliphatic hydroxyl groups excluding tert-OH is 1. The minimum atomic E-state index is -1.23. The van der Waals surface area contributed by atoms with Gasteiger partial charge in [-0.15, -0.1) is 0 Å². The second-order valence-electron chi connectivity index (χ2n) is 6.28. The molecule has 132 valence electrons. The average Bonchev–Trinajstić information content (AvgIpc) is 3.09. The van der Waals surface area contributed by atoms with Gasteiger partial charge in [0.1, 0.15) is 17.7 Å². The first-order valence-electron chi connectivity index (χ1n) is 8.31. The summed E-state index contributed by atoms with van der Waals surface area (Å²) in [5.41, 5.74) is -0.296. The van der Waals surface area contributed by atoms with E-state index in [2.05, 4.69) is 0 Å². The Bertz CT molecular complexity index is 565. The van der Waals surface area contributed by atoms with Crippen molar-refractivity contribution >= 4 is 5.91 Å². The molecule has 0 bridgehead atoms. The number of piperazine rings is 1. The first-order chi connectivity index (χ1) is 11.6. The highest BCUT2D eigenvalue weighted by atomic mass is 19.1. The Hall–Kier alpha value is -1.57.